The van der Waals surface area contributed by atoms with Crippen molar-refractivity contribution in [2.24, 2.45) is 0 Å². The molecule has 0 atom stereocenters. The summed E-state index contributed by atoms with van der Waals surface area (Å²) in [6.45, 7) is 7.67. The Bertz CT molecular complexity index is 964. The average molecular weight is 382 g/mol. The second kappa shape index (κ2) is 7.48. The van der Waals surface area contributed by atoms with E-state index in [4.69, 9.17) is 0 Å². The monoisotopic (exact) mass is 382 g/mol. The first kappa shape index (κ1) is 17.7. The van der Waals surface area contributed by atoms with Gasteiger partial charge in [0, 0.05) is 50.0 Å². The van der Waals surface area contributed by atoms with E-state index in [1.807, 2.05) is 48.5 Å². The number of carbonyl (C=O) groups is 1. The number of aryl methyl sites for hydroxylation is 1. The maximum Gasteiger partial charge on any atom is 0.254 e. The van der Waals surface area contributed by atoms with Gasteiger partial charge in [-0.15, -0.1) is 11.3 Å². The highest BCUT2D eigenvalue weighted by atomic mass is 32.1. The maximum absolute atomic E-state index is 12.9. The lowest BCUT2D eigenvalue weighted by molar-refractivity contribution is 0.0746. The fourth-order valence-corrected chi connectivity index (χ4v) is 3.98. The minimum absolute atomic E-state index is 0.0807. The third kappa shape index (κ3) is 3.71. The smallest absolute Gasteiger partial charge is 0.254 e. The molecule has 1 fully saturated rings. The van der Waals surface area contributed by atoms with Crippen LogP contribution < -0.4 is 10.2 Å². The van der Waals surface area contributed by atoms with Crippen molar-refractivity contribution in [1.29, 1.82) is 0 Å². The van der Waals surface area contributed by atoms with Crippen molar-refractivity contribution in [2.75, 3.05) is 42.9 Å². The van der Waals surface area contributed by atoms with E-state index in [-0.39, 0.29) is 5.91 Å². The molecule has 8 heteroatoms. The van der Waals surface area contributed by atoms with Crippen LogP contribution in [-0.2, 0) is 0 Å². The van der Waals surface area contributed by atoms with Gasteiger partial charge in [-0.25, -0.2) is 9.97 Å². The minimum Gasteiger partial charge on any atom is -0.354 e. The van der Waals surface area contributed by atoms with Crippen LogP contribution in [0.15, 0.2) is 29.8 Å². The van der Waals surface area contributed by atoms with Crippen LogP contribution in [0.4, 0.5) is 11.8 Å². The Morgan fingerprint density at radius 1 is 1.19 bits per heavy atom. The number of piperazine rings is 1. The zero-order valence-corrected chi connectivity index (χ0v) is 16.3. The normalized spacial score (nSPS) is 14.6. The van der Waals surface area contributed by atoms with Crippen LogP contribution in [0.1, 0.15) is 23.0 Å². The predicted molar refractivity (Wildman–Crippen MR) is 109 cm³/mol. The molecular weight excluding hydrogens is 360 g/mol. The van der Waals surface area contributed by atoms with Gasteiger partial charge in [-0.2, -0.15) is 4.98 Å². The van der Waals surface area contributed by atoms with Crippen molar-refractivity contribution in [2.45, 2.75) is 13.8 Å². The number of rotatable bonds is 4. The number of thiazole rings is 1. The van der Waals surface area contributed by atoms with Crippen molar-refractivity contribution < 1.29 is 4.79 Å². The van der Waals surface area contributed by atoms with Crippen LogP contribution in [-0.4, -0.2) is 58.5 Å². The lowest BCUT2D eigenvalue weighted by Crippen LogP contribution is -2.49. The third-order valence-corrected chi connectivity index (χ3v) is 5.44. The van der Waals surface area contributed by atoms with E-state index in [2.05, 4.69) is 25.2 Å². The summed E-state index contributed by atoms with van der Waals surface area (Å²) in [5, 5.41) is 3.17. The second-order valence-electron chi connectivity index (χ2n) is 6.54. The van der Waals surface area contributed by atoms with Crippen molar-refractivity contribution in [3.05, 3.63) is 41.0 Å². The molecule has 1 saturated heterocycles. The van der Waals surface area contributed by atoms with Gasteiger partial charge < -0.3 is 15.1 Å². The summed E-state index contributed by atoms with van der Waals surface area (Å²) in [5.41, 5.74) is 4.42. The Balaban J connectivity index is 1.44. The lowest BCUT2D eigenvalue weighted by atomic mass is 10.1. The summed E-state index contributed by atoms with van der Waals surface area (Å²) >= 11 is 1.56. The van der Waals surface area contributed by atoms with Crippen LogP contribution in [0.25, 0.3) is 10.2 Å². The van der Waals surface area contributed by atoms with Crippen molar-refractivity contribution in [1.82, 2.24) is 19.9 Å². The first-order valence-corrected chi connectivity index (χ1v) is 9.99. The van der Waals surface area contributed by atoms with Crippen molar-refractivity contribution >= 4 is 39.2 Å². The Hall–Kier alpha value is -2.74. The van der Waals surface area contributed by atoms with E-state index in [0.717, 1.165) is 46.9 Å². The largest absolute Gasteiger partial charge is 0.354 e. The number of benzene rings is 1. The molecule has 4 rings (SSSR count). The molecule has 1 aliphatic rings. The van der Waals surface area contributed by atoms with Gasteiger partial charge in [0.05, 0.1) is 15.7 Å². The molecule has 27 heavy (non-hydrogen) atoms. The van der Waals surface area contributed by atoms with Gasteiger partial charge in [0.25, 0.3) is 5.91 Å². The zero-order chi connectivity index (χ0) is 18.8. The number of anilines is 2. The molecule has 3 aromatic rings. The molecule has 7 nitrogen and oxygen atoms in total. The number of aromatic nitrogens is 3. The van der Waals surface area contributed by atoms with Crippen LogP contribution in [0.3, 0.4) is 0 Å². The van der Waals surface area contributed by atoms with Gasteiger partial charge in [-0.3, -0.25) is 4.79 Å². The van der Waals surface area contributed by atoms with Crippen molar-refractivity contribution in [3.8, 4) is 0 Å². The SMILES string of the molecule is CCNc1nc(C)cc(N2CCN(C(=O)c3ccc4ncsc4c3)CC2)n1. The van der Waals surface area contributed by atoms with Gasteiger partial charge in [0.15, 0.2) is 0 Å². The number of hydrogen-bond donors (Lipinski definition) is 1. The molecule has 140 valence electrons. The molecule has 0 unspecified atom stereocenters. The fourth-order valence-electron chi connectivity index (χ4n) is 3.26. The fraction of sp³-hybridized carbons (Fsp3) is 0.368. The summed E-state index contributed by atoms with van der Waals surface area (Å²) in [6, 6.07) is 7.72. The van der Waals surface area contributed by atoms with Gasteiger partial charge >= 0.3 is 0 Å². The topological polar surface area (TPSA) is 74.2 Å². The van der Waals surface area contributed by atoms with E-state index < -0.39 is 0 Å². The van der Waals surface area contributed by atoms with E-state index in [0.29, 0.717) is 19.0 Å². The van der Waals surface area contributed by atoms with Gasteiger partial charge in [0.2, 0.25) is 5.95 Å². The third-order valence-electron chi connectivity index (χ3n) is 4.64. The van der Waals surface area contributed by atoms with Crippen LogP contribution in [0.5, 0.6) is 0 Å². The molecule has 1 N–H and O–H groups in total. The summed E-state index contributed by atoms with van der Waals surface area (Å²) in [6.07, 6.45) is 0. The summed E-state index contributed by atoms with van der Waals surface area (Å²) in [4.78, 5) is 30.3. The van der Waals surface area contributed by atoms with E-state index in [1.54, 1.807) is 11.3 Å². The summed E-state index contributed by atoms with van der Waals surface area (Å²) in [7, 11) is 0. The molecule has 0 spiro atoms. The lowest BCUT2D eigenvalue weighted by Gasteiger charge is -2.35. The molecule has 1 amide bonds. The van der Waals surface area contributed by atoms with E-state index >= 15 is 0 Å². The van der Waals surface area contributed by atoms with Crippen LogP contribution in [0, 0.1) is 6.92 Å². The summed E-state index contributed by atoms with van der Waals surface area (Å²) in [5.74, 6) is 1.65. The minimum atomic E-state index is 0.0807. The number of hydrogen-bond acceptors (Lipinski definition) is 7. The van der Waals surface area contributed by atoms with Gasteiger partial charge in [-0.05, 0) is 32.0 Å². The van der Waals surface area contributed by atoms with Crippen LogP contribution >= 0.6 is 11.3 Å². The number of fused-ring (bicyclic) bond motifs is 1. The molecule has 2 aromatic heterocycles. The van der Waals surface area contributed by atoms with Gasteiger partial charge in [0.1, 0.15) is 5.82 Å². The highest BCUT2D eigenvalue weighted by Gasteiger charge is 2.23. The molecule has 1 aromatic carbocycles. The number of carbonyl (C=O) groups excluding carboxylic acids is 1. The second-order valence-corrected chi connectivity index (χ2v) is 7.42. The Morgan fingerprint density at radius 3 is 2.78 bits per heavy atom. The van der Waals surface area contributed by atoms with Gasteiger partial charge in [-0.1, -0.05) is 0 Å². The Labute approximate surface area is 162 Å². The Morgan fingerprint density at radius 2 is 2.00 bits per heavy atom. The highest BCUT2D eigenvalue weighted by Crippen LogP contribution is 2.21. The maximum atomic E-state index is 12.9. The van der Waals surface area contributed by atoms with Crippen LogP contribution in [0.2, 0.25) is 0 Å². The predicted octanol–water partition coefficient (Wildman–Crippen LogP) is 2.79. The van der Waals surface area contributed by atoms with E-state index in [9.17, 15) is 4.79 Å². The molecule has 0 saturated carbocycles. The molecule has 1 aliphatic heterocycles. The highest BCUT2D eigenvalue weighted by molar-refractivity contribution is 7.16. The Kier molecular flexibility index (Phi) is 4.89. The quantitative estimate of drug-likeness (QED) is 0.748. The molecule has 3 heterocycles. The number of nitrogens with one attached hydrogen (secondary N) is 1. The number of nitrogens with zero attached hydrogens (tertiary/aromatic N) is 5. The van der Waals surface area contributed by atoms with E-state index in [1.165, 1.54) is 0 Å². The summed E-state index contributed by atoms with van der Waals surface area (Å²) < 4.78 is 1.05. The molecule has 0 bridgehead atoms. The molecular formula is C19H22N6OS. The molecule has 0 aliphatic carbocycles. The van der Waals surface area contributed by atoms with Crippen molar-refractivity contribution in [3.63, 3.8) is 0 Å². The first-order chi connectivity index (χ1) is 13.1. The molecule has 0 radical (unpaired) electrons. The standard InChI is InChI=1S/C19H22N6OS/c1-3-20-19-22-13(2)10-17(23-19)24-6-8-25(9-7-24)18(26)14-4-5-15-16(11-14)27-12-21-15/h4-5,10-12H,3,6-9H2,1-2H3,(H,20,22,23). The zero-order valence-electron chi connectivity index (χ0n) is 15.5. The number of amides is 1. The average Bonchev–Trinajstić information content (AvgIpc) is 3.15. The first-order valence-electron chi connectivity index (χ1n) is 9.11.